The molecule has 2 nitrogen and oxygen atoms in total. The molecule has 0 bridgehead atoms. The fraction of sp³-hybridized carbons (Fsp3) is 0.273. The van der Waals surface area contributed by atoms with Crippen LogP contribution in [0.1, 0.15) is 12.8 Å². The highest BCUT2D eigenvalue weighted by molar-refractivity contribution is 5.32. The zero-order valence-electron chi connectivity index (χ0n) is 7.31. The van der Waals surface area contributed by atoms with Gasteiger partial charge in [0.25, 0.3) is 0 Å². The summed E-state index contributed by atoms with van der Waals surface area (Å²) in [5.41, 5.74) is 0. The molecule has 0 spiro atoms. The molecule has 0 amide bonds. The van der Waals surface area contributed by atoms with Crippen molar-refractivity contribution in [3.63, 3.8) is 0 Å². The van der Waals surface area contributed by atoms with Crippen LogP contribution in [0.4, 0.5) is 0 Å². The molecule has 2 rings (SSSR count). The number of aromatic hydroxyl groups is 1. The van der Waals surface area contributed by atoms with Gasteiger partial charge in [-0.2, -0.15) is 0 Å². The van der Waals surface area contributed by atoms with E-state index in [9.17, 15) is 5.11 Å². The summed E-state index contributed by atoms with van der Waals surface area (Å²) < 4.78 is 5.61. The molecule has 1 atom stereocenters. The van der Waals surface area contributed by atoms with Gasteiger partial charge in [-0.05, 0) is 31.1 Å². The maximum Gasteiger partial charge on any atom is 0.123 e. The van der Waals surface area contributed by atoms with Gasteiger partial charge in [0, 0.05) is 6.07 Å². The predicted molar refractivity (Wildman–Crippen MR) is 50.9 cm³/mol. The Morgan fingerprint density at radius 1 is 1.38 bits per heavy atom. The molecule has 1 N–H and O–H groups in total. The van der Waals surface area contributed by atoms with E-state index in [0.717, 1.165) is 18.6 Å². The minimum absolute atomic E-state index is 0.182. The lowest BCUT2D eigenvalue weighted by atomic mass is 10.3. The van der Waals surface area contributed by atoms with E-state index in [-0.39, 0.29) is 11.9 Å². The van der Waals surface area contributed by atoms with Crippen molar-refractivity contribution in [1.82, 2.24) is 0 Å². The number of hydrogen-bond donors (Lipinski definition) is 1. The third-order valence-corrected chi connectivity index (χ3v) is 2.07. The van der Waals surface area contributed by atoms with Gasteiger partial charge < -0.3 is 9.84 Å². The first-order valence-corrected chi connectivity index (χ1v) is 4.47. The van der Waals surface area contributed by atoms with Crippen molar-refractivity contribution in [2.45, 2.75) is 18.9 Å². The van der Waals surface area contributed by atoms with Crippen LogP contribution in [0.25, 0.3) is 0 Å². The maximum atomic E-state index is 9.19. The van der Waals surface area contributed by atoms with Crippen molar-refractivity contribution in [2.24, 2.45) is 0 Å². The van der Waals surface area contributed by atoms with E-state index < -0.39 is 0 Å². The molecule has 0 saturated heterocycles. The molecule has 0 saturated carbocycles. The van der Waals surface area contributed by atoms with Crippen molar-refractivity contribution in [3.8, 4) is 11.5 Å². The highest BCUT2D eigenvalue weighted by Gasteiger charge is 2.10. The third kappa shape index (κ3) is 2.02. The van der Waals surface area contributed by atoms with Crippen molar-refractivity contribution in [2.75, 3.05) is 0 Å². The van der Waals surface area contributed by atoms with Crippen LogP contribution in [0, 0.1) is 0 Å². The van der Waals surface area contributed by atoms with Gasteiger partial charge in [-0.1, -0.05) is 12.1 Å². The third-order valence-electron chi connectivity index (χ3n) is 2.07. The summed E-state index contributed by atoms with van der Waals surface area (Å²) in [5, 5.41) is 9.19. The van der Waals surface area contributed by atoms with E-state index in [1.54, 1.807) is 18.2 Å². The molecule has 1 aliphatic carbocycles. The molecule has 0 fully saturated rings. The number of allylic oxidation sites excluding steroid dienone is 1. The summed E-state index contributed by atoms with van der Waals surface area (Å²) in [6, 6.07) is 6.90. The Morgan fingerprint density at radius 2 is 2.31 bits per heavy atom. The molecular weight excluding hydrogens is 164 g/mol. The van der Waals surface area contributed by atoms with Crippen molar-refractivity contribution in [3.05, 3.63) is 36.4 Å². The van der Waals surface area contributed by atoms with E-state index >= 15 is 0 Å². The Morgan fingerprint density at radius 3 is 3.00 bits per heavy atom. The molecule has 1 aromatic carbocycles. The van der Waals surface area contributed by atoms with E-state index in [0.29, 0.717) is 0 Å². The average Bonchev–Trinajstić information content (AvgIpc) is 2.57. The van der Waals surface area contributed by atoms with Crippen LogP contribution in [0.2, 0.25) is 0 Å². The lowest BCUT2D eigenvalue weighted by molar-refractivity contribution is 0.248. The quantitative estimate of drug-likeness (QED) is 0.701. The van der Waals surface area contributed by atoms with Crippen molar-refractivity contribution in [1.29, 1.82) is 0 Å². The molecule has 1 aromatic rings. The van der Waals surface area contributed by atoms with E-state index in [1.807, 2.05) is 6.07 Å². The Kier molecular flexibility index (Phi) is 2.21. The highest BCUT2D eigenvalue weighted by atomic mass is 16.5. The van der Waals surface area contributed by atoms with Crippen LogP contribution < -0.4 is 4.74 Å². The lowest BCUT2D eigenvalue weighted by Gasteiger charge is -2.11. The van der Waals surface area contributed by atoms with Crippen LogP contribution in [0.5, 0.6) is 11.5 Å². The molecule has 0 aromatic heterocycles. The fourth-order valence-corrected chi connectivity index (χ4v) is 1.43. The number of rotatable bonds is 2. The van der Waals surface area contributed by atoms with E-state index in [4.69, 9.17) is 4.74 Å². The number of hydrogen-bond acceptors (Lipinski definition) is 2. The van der Waals surface area contributed by atoms with Gasteiger partial charge in [0.05, 0.1) is 0 Å². The summed E-state index contributed by atoms with van der Waals surface area (Å²) in [4.78, 5) is 0. The van der Waals surface area contributed by atoms with Gasteiger partial charge in [0.1, 0.15) is 17.6 Å². The molecule has 2 heteroatoms. The molecule has 1 aliphatic rings. The molecule has 1 unspecified atom stereocenters. The number of phenols is 1. The van der Waals surface area contributed by atoms with E-state index in [1.165, 1.54) is 0 Å². The van der Waals surface area contributed by atoms with Gasteiger partial charge in [0.15, 0.2) is 0 Å². The number of benzene rings is 1. The lowest BCUT2D eigenvalue weighted by Crippen LogP contribution is -2.09. The maximum absolute atomic E-state index is 9.19. The molecular formula is C11H12O2. The second-order valence-corrected chi connectivity index (χ2v) is 3.16. The second kappa shape index (κ2) is 3.52. The van der Waals surface area contributed by atoms with Gasteiger partial charge >= 0.3 is 0 Å². The molecule has 13 heavy (non-hydrogen) atoms. The fourth-order valence-electron chi connectivity index (χ4n) is 1.43. The van der Waals surface area contributed by atoms with Crippen molar-refractivity contribution < 1.29 is 9.84 Å². The van der Waals surface area contributed by atoms with Gasteiger partial charge in [0.2, 0.25) is 0 Å². The summed E-state index contributed by atoms with van der Waals surface area (Å²) in [6.45, 7) is 0. The molecule has 0 heterocycles. The number of ether oxygens (including phenoxy) is 1. The SMILES string of the molecule is Oc1cccc(OC2C=CCC2)c1. The first-order valence-electron chi connectivity index (χ1n) is 4.47. The van der Waals surface area contributed by atoms with E-state index in [2.05, 4.69) is 12.2 Å². The zero-order valence-corrected chi connectivity index (χ0v) is 7.31. The molecule has 0 radical (unpaired) electrons. The normalized spacial score (nSPS) is 20.5. The molecule has 0 aliphatic heterocycles. The van der Waals surface area contributed by atoms with Gasteiger partial charge in [-0.15, -0.1) is 0 Å². The Bertz CT molecular complexity index is 318. The van der Waals surface area contributed by atoms with Crippen LogP contribution >= 0.6 is 0 Å². The van der Waals surface area contributed by atoms with Crippen LogP contribution in [-0.2, 0) is 0 Å². The van der Waals surface area contributed by atoms with Gasteiger partial charge in [-0.3, -0.25) is 0 Å². The van der Waals surface area contributed by atoms with Crippen LogP contribution in [-0.4, -0.2) is 11.2 Å². The molecule has 68 valence electrons. The zero-order chi connectivity index (χ0) is 9.10. The highest BCUT2D eigenvalue weighted by Crippen LogP contribution is 2.22. The minimum atomic E-state index is 0.182. The van der Waals surface area contributed by atoms with Crippen LogP contribution in [0.3, 0.4) is 0 Å². The first kappa shape index (κ1) is 8.17. The number of phenolic OH excluding ortho intramolecular Hbond substituents is 1. The topological polar surface area (TPSA) is 29.5 Å². The second-order valence-electron chi connectivity index (χ2n) is 3.16. The summed E-state index contributed by atoms with van der Waals surface area (Å²) in [5.74, 6) is 0.982. The smallest absolute Gasteiger partial charge is 0.123 e. The Hall–Kier alpha value is -1.44. The summed E-state index contributed by atoms with van der Waals surface area (Å²) in [6.07, 6.45) is 6.48. The largest absolute Gasteiger partial charge is 0.508 e. The summed E-state index contributed by atoms with van der Waals surface area (Å²) in [7, 11) is 0. The first-order chi connectivity index (χ1) is 6.34. The monoisotopic (exact) mass is 176 g/mol. The Balaban J connectivity index is 2.04. The standard InChI is InChI=1S/C11H12O2/c12-9-4-3-7-11(8-9)13-10-5-1-2-6-10/h1,3-5,7-8,10,12H,2,6H2. The summed E-state index contributed by atoms with van der Waals surface area (Å²) >= 11 is 0. The Labute approximate surface area is 77.5 Å². The van der Waals surface area contributed by atoms with Crippen LogP contribution in [0.15, 0.2) is 36.4 Å². The predicted octanol–water partition coefficient (Wildman–Crippen LogP) is 2.49. The average molecular weight is 176 g/mol. The van der Waals surface area contributed by atoms with Gasteiger partial charge in [-0.25, -0.2) is 0 Å². The van der Waals surface area contributed by atoms with Crippen molar-refractivity contribution >= 4 is 0 Å². The minimum Gasteiger partial charge on any atom is -0.508 e.